The molecule has 2 rings (SSSR count). The second-order valence-corrected chi connectivity index (χ2v) is 4.83. The molecule has 1 N–H and O–H groups in total. The minimum absolute atomic E-state index is 0.00466. The van der Waals surface area contributed by atoms with Gasteiger partial charge in [0.15, 0.2) is 6.61 Å². The van der Waals surface area contributed by atoms with Gasteiger partial charge in [-0.25, -0.2) is 0 Å². The van der Waals surface area contributed by atoms with Crippen molar-refractivity contribution < 1.29 is 9.53 Å². The fourth-order valence-electron chi connectivity index (χ4n) is 1.75. The first-order valence-corrected chi connectivity index (χ1v) is 6.73. The second kappa shape index (κ2) is 6.96. The average molecular weight is 290 g/mol. The largest absolute Gasteiger partial charge is 0.484 e. The van der Waals surface area contributed by atoms with Crippen molar-refractivity contribution in [2.24, 2.45) is 0 Å². The van der Waals surface area contributed by atoms with Crippen LogP contribution in [0.5, 0.6) is 5.75 Å². The van der Waals surface area contributed by atoms with E-state index in [9.17, 15) is 4.79 Å². The number of nitrogens with one attached hydrogen (secondary N) is 1. The van der Waals surface area contributed by atoms with Gasteiger partial charge in [-0.3, -0.25) is 4.79 Å². The van der Waals surface area contributed by atoms with E-state index in [2.05, 4.69) is 5.32 Å². The zero-order valence-corrected chi connectivity index (χ0v) is 12.0. The first kappa shape index (κ1) is 14.4. The standard InChI is InChI=1S/C16H16ClNO2/c1-12-6-2-5-9-15(12)20-11-16(19)18-10-13-7-3-4-8-14(13)17/h2-9H,10-11H2,1H3,(H,18,19). The normalized spacial score (nSPS) is 10.1. The van der Waals surface area contributed by atoms with Crippen LogP contribution in [0.4, 0.5) is 0 Å². The third-order valence-corrected chi connectivity index (χ3v) is 3.25. The summed E-state index contributed by atoms with van der Waals surface area (Å²) in [7, 11) is 0. The highest BCUT2D eigenvalue weighted by molar-refractivity contribution is 6.31. The van der Waals surface area contributed by atoms with E-state index in [1.54, 1.807) is 6.07 Å². The Hall–Kier alpha value is -2.00. The number of benzene rings is 2. The molecular formula is C16H16ClNO2. The Labute approximate surface area is 123 Å². The Balaban J connectivity index is 1.82. The number of hydrogen-bond donors (Lipinski definition) is 1. The van der Waals surface area contributed by atoms with Gasteiger partial charge < -0.3 is 10.1 Å². The third kappa shape index (κ3) is 4.00. The molecule has 0 heterocycles. The van der Waals surface area contributed by atoms with E-state index in [1.807, 2.05) is 49.4 Å². The lowest BCUT2D eigenvalue weighted by molar-refractivity contribution is -0.123. The molecule has 0 aliphatic carbocycles. The highest BCUT2D eigenvalue weighted by Crippen LogP contribution is 2.16. The number of ether oxygens (including phenoxy) is 1. The summed E-state index contributed by atoms with van der Waals surface area (Å²) < 4.78 is 5.47. The van der Waals surface area contributed by atoms with Gasteiger partial charge in [-0.1, -0.05) is 48.0 Å². The van der Waals surface area contributed by atoms with Crippen LogP contribution in [0.15, 0.2) is 48.5 Å². The SMILES string of the molecule is Cc1ccccc1OCC(=O)NCc1ccccc1Cl. The molecule has 0 spiro atoms. The summed E-state index contributed by atoms with van der Waals surface area (Å²) >= 11 is 6.02. The van der Waals surface area contributed by atoms with E-state index in [1.165, 1.54) is 0 Å². The minimum Gasteiger partial charge on any atom is -0.484 e. The van der Waals surface area contributed by atoms with Crippen LogP contribution < -0.4 is 10.1 Å². The van der Waals surface area contributed by atoms with Gasteiger partial charge in [-0.2, -0.15) is 0 Å². The van der Waals surface area contributed by atoms with Gasteiger partial charge in [0.25, 0.3) is 5.91 Å². The van der Waals surface area contributed by atoms with Crippen molar-refractivity contribution in [1.29, 1.82) is 0 Å². The topological polar surface area (TPSA) is 38.3 Å². The summed E-state index contributed by atoms with van der Waals surface area (Å²) in [6, 6.07) is 15.0. The Bertz CT molecular complexity index is 547. The van der Waals surface area contributed by atoms with Gasteiger partial charge in [0.1, 0.15) is 5.75 Å². The molecule has 0 aliphatic rings. The second-order valence-electron chi connectivity index (χ2n) is 4.42. The smallest absolute Gasteiger partial charge is 0.258 e. The summed E-state index contributed by atoms with van der Waals surface area (Å²) in [5, 5.41) is 3.43. The zero-order chi connectivity index (χ0) is 14.4. The maximum Gasteiger partial charge on any atom is 0.258 e. The van der Waals surface area contributed by atoms with E-state index >= 15 is 0 Å². The van der Waals surface area contributed by atoms with Crippen molar-refractivity contribution in [2.45, 2.75) is 13.5 Å². The van der Waals surface area contributed by atoms with E-state index in [0.717, 1.165) is 16.9 Å². The average Bonchev–Trinajstić information content (AvgIpc) is 2.45. The lowest BCUT2D eigenvalue weighted by Gasteiger charge is -2.10. The molecule has 0 saturated heterocycles. The predicted molar refractivity (Wildman–Crippen MR) is 80.0 cm³/mol. The summed E-state index contributed by atoms with van der Waals surface area (Å²) in [6.07, 6.45) is 0. The predicted octanol–water partition coefficient (Wildman–Crippen LogP) is 3.34. The summed E-state index contributed by atoms with van der Waals surface area (Å²) in [6.45, 7) is 2.34. The van der Waals surface area contributed by atoms with E-state index in [4.69, 9.17) is 16.3 Å². The van der Waals surface area contributed by atoms with Gasteiger partial charge >= 0.3 is 0 Å². The number of para-hydroxylation sites is 1. The molecule has 0 bridgehead atoms. The van der Waals surface area contributed by atoms with Gasteiger partial charge in [-0.05, 0) is 30.2 Å². The number of carbonyl (C=O) groups is 1. The molecule has 0 aromatic heterocycles. The molecule has 3 nitrogen and oxygen atoms in total. The molecule has 0 unspecified atom stereocenters. The fraction of sp³-hybridized carbons (Fsp3) is 0.188. The summed E-state index contributed by atoms with van der Waals surface area (Å²) in [5.41, 5.74) is 1.89. The van der Waals surface area contributed by atoms with Crippen molar-refractivity contribution in [2.75, 3.05) is 6.61 Å². The van der Waals surface area contributed by atoms with Crippen LogP contribution in [0.25, 0.3) is 0 Å². The van der Waals surface area contributed by atoms with Crippen LogP contribution in [-0.4, -0.2) is 12.5 Å². The first-order valence-electron chi connectivity index (χ1n) is 6.35. The van der Waals surface area contributed by atoms with Crippen molar-refractivity contribution in [3.05, 3.63) is 64.7 Å². The monoisotopic (exact) mass is 289 g/mol. The van der Waals surface area contributed by atoms with E-state index in [0.29, 0.717) is 11.6 Å². The molecule has 20 heavy (non-hydrogen) atoms. The van der Waals surface area contributed by atoms with Gasteiger partial charge in [0, 0.05) is 11.6 Å². The zero-order valence-electron chi connectivity index (χ0n) is 11.2. The molecule has 0 fully saturated rings. The Morgan fingerprint density at radius 1 is 1.15 bits per heavy atom. The number of carbonyl (C=O) groups excluding carboxylic acids is 1. The first-order chi connectivity index (χ1) is 9.66. The van der Waals surface area contributed by atoms with Gasteiger partial charge in [-0.15, -0.1) is 0 Å². The summed E-state index contributed by atoms with van der Waals surface area (Å²) in [5.74, 6) is 0.550. The van der Waals surface area contributed by atoms with E-state index < -0.39 is 0 Å². The number of halogens is 1. The maximum absolute atomic E-state index is 11.7. The number of aryl methyl sites for hydroxylation is 1. The number of amides is 1. The van der Waals surface area contributed by atoms with Gasteiger partial charge in [0.05, 0.1) is 0 Å². The lowest BCUT2D eigenvalue weighted by Crippen LogP contribution is -2.28. The molecular weight excluding hydrogens is 274 g/mol. The minimum atomic E-state index is -0.173. The van der Waals surface area contributed by atoms with Gasteiger partial charge in [0.2, 0.25) is 0 Å². The van der Waals surface area contributed by atoms with E-state index in [-0.39, 0.29) is 12.5 Å². The van der Waals surface area contributed by atoms with Crippen LogP contribution in [-0.2, 0) is 11.3 Å². The molecule has 1 amide bonds. The quantitative estimate of drug-likeness (QED) is 0.917. The van der Waals surface area contributed by atoms with Crippen molar-refractivity contribution in [3.8, 4) is 5.75 Å². The number of rotatable bonds is 5. The Morgan fingerprint density at radius 2 is 1.85 bits per heavy atom. The molecule has 0 atom stereocenters. The highest BCUT2D eigenvalue weighted by atomic mass is 35.5. The van der Waals surface area contributed by atoms with Crippen LogP contribution in [0, 0.1) is 6.92 Å². The van der Waals surface area contributed by atoms with Crippen molar-refractivity contribution in [1.82, 2.24) is 5.32 Å². The van der Waals surface area contributed by atoms with Crippen LogP contribution >= 0.6 is 11.6 Å². The highest BCUT2D eigenvalue weighted by Gasteiger charge is 2.05. The summed E-state index contributed by atoms with van der Waals surface area (Å²) in [4.78, 5) is 11.7. The molecule has 0 aliphatic heterocycles. The van der Waals surface area contributed by atoms with Crippen LogP contribution in [0.2, 0.25) is 5.02 Å². The Morgan fingerprint density at radius 3 is 2.60 bits per heavy atom. The van der Waals surface area contributed by atoms with Crippen molar-refractivity contribution >= 4 is 17.5 Å². The molecule has 104 valence electrons. The Kier molecular flexibility index (Phi) is 5.02. The molecule has 0 saturated carbocycles. The molecule has 4 heteroatoms. The maximum atomic E-state index is 11.7. The van der Waals surface area contributed by atoms with Crippen LogP contribution in [0.1, 0.15) is 11.1 Å². The lowest BCUT2D eigenvalue weighted by atomic mass is 10.2. The molecule has 0 radical (unpaired) electrons. The third-order valence-electron chi connectivity index (χ3n) is 2.89. The van der Waals surface area contributed by atoms with Crippen LogP contribution in [0.3, 0.4) is 0 Å². The van der Waals surface area contributed by atoms with Crippen molar-refractivity contribution in [3.63, 3.8) is 0 Å². The number of hydrogen-bond acceptors (Lipinski definition) is 2. The molecule has 2 aromatic carbocycles. The molecule has 2 aromatic rings. The fourth-order valence-corrected chi connectivity index (χ4v) is 1.95.